The summed E-state index contributed by atoms with van der Waals surface area (Å²) in [5, 5.41) is 12.9. The molecule has 2 aromatic rings. The minimum absolute atomic E-state index is 0.294. The molecule has 100 valence electrons. The van der Waals surface area contributed by atoms with Gasteiger partial charge in [0.1, 0.15) is 0 Å². The van der Waals surface area contributed by atoms with Crippen molar-refractivity contribution in [2.24, 2.45) is 5.16 Å². The van der Waals surface area contributed by atoms with Crippen LogP contribution in [0.15, 0.2) is 71.9 Å². The summed E-state index contributed by atoms with van der Waals surface area (Å²) in [6, 6.07) is 20.6. The van der Waals surface area contributed by atoms with Crippen molar-refractivity contribution in [2.45, 2.75) is 11.7 Å². The first-order valence-electron chi connectivity index (χ1n) is 6.56. The van der Waals surface area contributed by atoms with Gasteiger partial charge in [0, 0.05) is 16.6 Å². The smallest absolute Gasteiger partial charge is 0.0821 e. The van der Waals surface area contributed by atoms with Gasteiger partial charge >= 0.3 is 0 Å². The lowest BCUT2D eigenvalue weighted by Gasteiger charge is -2.23. The van der Waals surface area contributed by atoms with E-state index in [1.807, 2.05) is 54.2 Å². The molecule has 0 aromatic heterocycles. The summed E-state index contributed by atoms with van der Waals surface area (Å²) in [6.45, 7) is 0. The fourth-order valence-electron chi connectivity index (χ4n) is 2.31. The summed E-state index contributed by atoms with van der Waals surface area (Å²) in [5.74, 6) is 0. The Labute approximate surface area is 122 Å². The predicted molar refractivity (Wildman–Crippen MR) is 85.0 cm³/mol. The molecule has 0 aliphatic carbocycles. The molecule has 0 saturated carbocycles. The lowest BCUT2D eigenvalue weighted by molar-refractivity contribution is 0.318. The average Bonchev–Trinajstić information content (AvgIpc) is 2.56. The van der Waals surface area contributed by atoms with E-state index in [4.69, 9.17) is 5.21 Å². The highest BCUT2D eigenvalue weighted by atomic mass is 32.2. The third-order valence-corrected chi connectivity index (χ3v) is 4.65. The molecule has 1 aliphatic heterocycles. The number of thioether (sulfide) groups is 1. The molecule has 1 heterocycles. The lowest BCUT2D eigenvalue weighted by Crippen LogP contribution is -2.08. The Bertz CT molecular complexity index is 635. The van der Waals surface area contributed by atoms with Crippen LogP contribution in [-0.2, 0) is 0 Å². The molecule has 3 heteroatoms. The maximum absolute atomic E-state index is 9.15. The van der Waals surface area contributed by atoms with Gasteiger partial charge in [0.05, 0.1) is 5.71 Å². The van der Waals surface area contributed by atoms with Crippen molar-refractivity contribution in [2.75, 3.05) is 0 Å². The second-order valence-corrected chi connectivity index (χ2v) is 5.93. The van der Waals surface area contributed by atoms with Crippen LogP contribution >= 0.6 is 11.8 Å². The SMILES string of the molecule is O/N=C1\C=C(c2ccccc2)SC(c2ccccc2)C1. The summed E-state index contributed by atoms with van der Waals surface area (Å²) in [4.78, 5) is 1.15. The maximum Gasteiger partial charge on any atom is 0.0821 e. The Balaban J connectivity index is 1.94. The average molecular weight is 281 g/mol. The van der Waals surface area contributed by atoms with Gasteiger partial charge in [0.15, 0.2) is 0 Å². The molecule has 2 aromatic carbocycles. The van der Waals surface area contributed by atoms with Crippen LogP contribution in [0.5, 0.6) is 0 Å². The van der Waals surface area contributed by atoms with Crippen molar-refractivity contribution >= 4 is 22.4 Å². The molecule has 20 heavy (non-hydrogen) atoms. The molecule has 0 bridgehead atoms. The van der Waals surface area contributed by atoms with Crippen LogP contribution in [0.1, 0.15) is 22.8 Å². The summed E-state index contributed by atoms with van der Waals surface area (Å²) in [7, 11) is 0. The number of oxime groups is 1. The number of nitrogens with zero attached hydrogens (tertiary/aromatic N) is 1. The summed E-state index contributed by atoms with van der Waals surface area (Å²) in [5.41, 5.74) is 3.16. The number of rotatable bonds is 2. The van der Waals surface area contributed by atoms with Crippen molar-refractivity contribution in [3.05, 3.63) is 77.9 Å². The van der Waals surface area contributed by atoms with Gasteiger partial charge in [-0.1, -0.05) is 65.8 Å². The lowest BCUT2D eigenvalue weighted by atomic mass is 10.0. The largest absolute Gasteiger partial charge is 0.411 e. The zero-order valence-electron chi connectivity index (χ0n) is 10.9. The molecular formula is C17H15NOS. The summed E-state index contributed by atoms with van der Waals surface area (Å²) < 4.78 is 0. The molecule has 1 unspecified atom stereocenters. The van der Waals surface area contributed by atoms with Crippen LogP contribution in [0.25, 0.3) is 4.91 Å². The van der Waals surface area contributed by atoms with E-state index in [-0.39, 0.29) is 0 Å². The van der Waals surface area contributed by atoms with Crippen LogP contribution in [0.2, 0.25) is 0 Å². The van der Waals surface area contributed by atoms with E-state index < -0.39 is 0 Å². The van der Waals surface area contributed by atoms with Gasteiger partial charge in [0.2, 0.25) is 0 Å². The molecule has 0 fully saturated rings. The number of hydrogen-bond acceptors (Lipinski definition) is 3. The van der Waals surface area contributed by atoms with E-state index in [9.17, 15) is 0 Å². The Morgan fingerprint density at radius 1 is 0.950 bits per heavy atom. The third kappa shape index (κ3) is 2.78. The molecule has 0 spiro atoms. The standard InChI is InChI=1S/C17H15NOS/c19-18-15-11-16(13-7-3-1-4-8-13)20-17(12-15)14-9-5-2-6-10-14/h1-11,17,19H,12H2/b18-15+. The van der Waals surface area contributed by atoms with E-state index in [2.05, 4.69) is 29.4 Å². The highest BCUT2D eigenvalue weighted by Gasteiger charge is 2.22. The van der Waals surface area contributed by atoms with Crippen molar-refractivity contribution in [3.63, 3.8) is 0 Å². The highest BCUT2D eigenvalue weighted by molar-refractivity contribution is 8.08. The van der Waals surface area contributed by atoms with E-state index in [0.29, 0.717) is 5.25 Å². The third-order valence-electron chi connectivity index (χ3n) is 3.32. The van der Waals surface area contributed by atoms with Crippen molar-refractivity contribution < 1.29 is 5.21 Å². The Kier molecular flexibility index (Phi) is 3.88. The highest BCUT2D eigenvalue weighted by Crippen LogP contribution is 2.45. The molecule has 2 nitrogen and oxygen atoms in total. The van der Waals surface area contributed by atoms with Gasteiger partial charge in [-0.3, -0.25) is 0 Å². The first-order valence-corrected chi connectivity index (χ1v) is 7.44. The molecule has 1 aliphatic rings. The summed E-state index contributed by atoms with van der Waals surface area (Å²) in [6.07, 6.45) is 2.72. The second-order valence-electron chi connectivity index (χ2n) is 4.69. The van der Waals surface area contributed by atoms with Gasteiger partial charge in [-0.25, -0.2) is 0 Å². The predicted octanol–water partition coefficient (Wildman–Crippen LogP) is 4.74. The molecular weight excluding hydrogens is 266 g/mol. The van der Waals surface area contributed by atoms with Crippen LogP contribution in [-0.4, -0.2) is 10.9 Å². The molecule has 3 rings (SSSR count). The number of allylic oxidation sites excluding steroid dienone is 1. The van der Waals surface area contributed by atoms with E-state index >= 15 is 0 Å². The fourth-order valence-corrected chi connectivity index (χ4v) is 3.64. The Morgan fingerprint density at radius 2 is 1.60 bits per heavy atom. The van der Waals surface area contributed by atoms with E-state index in [1.165, 1.54) is 11.1 Å². The molecule has 0 radical (unpaired) electrons. The first kappa shape index (κ1) is 13.0. The zero-order chi connectivity index (χ0) is 13.8. The second kappa shape index (κ2) is 5.97. The molecule has 0 amide bonds. The van der Waals surface area contributed by atoms with Crippen molar-refractivity contribution in [1.29, 1.82) is 0 Å². The topological polar surface area (TPSA) is 32.6 Å². The Morgan fingerprint density at radius 3 is 2.25 bits per heavy atom. The van der Waals surface area contributed by atoms with Crippen LogP contribution < -0.4 is 0 Å². The first-order chi connectivity index (χ1) is 9.86. The van der Waals surface area contributed by atoms with Gasteiger partial charge in [-0.2, -0.15) is 0 Å². The quantitative estimate of drug-likeness (QED) is 0.637. The van der Waals surface area contributed by atoms with Crippen molar-refractivity contribution in [1.82, 2.24) is 0 Å². The van der Waals surface area contributed by atoms with Gasteiger partial charge in [-0.05, 0) is 17.2 Å². The van der Waals surface area contributed by atoms with E-state index in [1.54, 1.807) is 0 Å². The van der Waals surface area contributed by atoms with Gasteiger partial charge in [-0.15, -0.1) is 11.8 Å². The Hall–Kier alpha value is -2.00. The van der Waals surface area contributed by atoms with Crippen LogP contribution in [0.3, 0.4) is 0 Å². The number of hydrogen-bond donors (Lipinski definition) is 1. The molecule has 0 saturated heterocycles. The molecule has 1 atom stereocenters. The zero-order valence-corrected chi connectivity index (χ0v) is 11.8. The van der Waals surface area contributed by atoms with Crippen molar-refractivity contribution in [3.8, 4) is 0 Å². The van der Waals surface area contributed by atoms with Crippen LogP contribution in [0.4, 0.5) is 0 Å². The molecule has 1 N–H and O–H groups in total. The van der Waals surface area contributed by atoms with Gasteiger partial charge < -0.3 is 5.21 Å². The minimum Gasteiger partial charge on any atom is -0.411 e. The fraction of sp³-hybridized carbons (Fsp3) is 0.118. The minimum atomic E-state index is 0.294. The maximum atomic E-state index is 9.15. The van der Waals surface area contributed by atoms with E-state index in [0.717, 1.165) is 17.0 Å². The van der Waals surface area contributed by atoms with Gasteiger partial charge in [0.25, 0.3) is 0 Å². The van der Waals surface area contributed by atoms with Crippen LogP contribution in [0, 0.1) is 0 Å². The normalized spacial score (nSPS) is 20.7. The monoisotopic (exact) mass is 281 g/mol. The summed E-state index contributed by atoms with van der Waals surface area (Å²) >= 11 is 1.83. The number of benzene rings is 2.